The van der Waals surface area contributed by atoms with E-state index in [0.29, 0.717) is 0 Å². The number of hydrogen-bond acceptors (Lipinski definition) is 5. The number of methoxy groups -OCH3 is 1. The van der Waals surface area contributed by atoms with Gasteiger partial charge in [0.2, 0.25) is 0 Å². The molecule has 102 valence electrons. The molecule has 1 aromatic rings. The average Bonchev–Trinajstić information content (AvgIpc) is 2.39. The van der Waals surface area contributed by atoms with Gasteiger partial charge in [-0.25, -0.2) is 0 Å². The summed E-state index contributed by atoms with van der Waals surface area (Å²) in [6, 6.07) is 4.89. The number of pyridine rings is 1. The molecule has 1 aromatic heterocycles. The first-order chi connectivity index (χ1) is 8.86. The second-order valence-corrected chi connectivity index (χ2v) is 4.47. The van der Waals surface area contributed by atoms with E-state index in [9.17, 15) is 14.4 Å². The number of Topliss-reactive ketones (excluding diaryl/α,β-unsaturated/α-hetero) is 1. The summed E-state index contributed by atoms with van der Waals surface area (Å²) in [6.45, 7) is 3.05. The van der Waals surface area contributed by atoms with Crippen molar-refractivity contribution in [1.82, 2.24) is 10.3 Å². The molecule has 19 heavy (non-hydrogen) atoms. The van der Waals surface area contributed by atoms with Crippen LogP contribution in [0.4, 0.5) is 0 Å². The molecule has 6 heteroatoms. The number of rotatable bonds is 5. The zero-order valence-corrected chi connectivity index (χ0v) is 11.1. The van der Waals surface area contributed by atoms with Crippen LogP contribution in [0.25, 0.3) is 0 Å². The third-order valence-corrected chi connectivity index (χ3v) is 2.55. The summed E-state index contributed by atoms with van der Waals surface area (Å²) in [5, 5.41) is 2.54. The number of ketones is 1. The Labute approximate surface area is 111 Å². The van der Waals surface area contributed by atoms with E-state index in [1.165, 1.54) is 33.2 Å². The molecule has 0 unspecified atom stereocenters. The van der Waals surface area contributed by atoms with Crippen LogP contribution >= 0.6 is 0 Å². The Morgan fingerprint density at radius 3 is 2.53 bits per heavy atom. The van der Waals surface area contributed by atoms with Gasteiger partial charge in [0.05, 0.1) is 12.6 Å². The number of carbonyl (C=O) groups excluding carboxylic acids is 3. The molecular formula is C13H16N2O4. The predicted octanol–water partition coefficient (Wildman–Crippen LogP) is 0.722. The molecule has 0 aromatic carbocycles. The molecule has 1 amide bonds. The quantitative estimate of drug-likeness (QED) is 0.625. The van der Waals surface area contributed by atoms with Gasteiger partial charge in [-0.05, 0) is 26.0 Å². The number of nitrogens with one attached hydrogen (secondary N) is 1. The minimum Gasteiger partial charge on any atom is -0.469 e. The lowest BCUT2D eigenvalue weighted by Crippen LogP contribution is -2.50. The number of amides is 1. The van der Waals surface area contributed by atoms with Gasteiger partial charge in [0.15, 0.2) is 5.78 Å². The van der Waals surface area contributed by atoms with E-state index in [1.807, 2.05) is 0 Å². The lowest BCUT2D eigenvalue weighted by atomic mass is 9.96. The van der Waals surface area contributed by atoms with Crippen LogP contribution < -0.4 is 5.32 Å². The van der Waals surface area contributed by atoms with Crippen LogP contribution in [0.3, 0.4) is 0 Å². The Kier molecular flexibility index (Phi) is 4.74. The number of aromatic nitrogens is 1. The number of esters is 1. The summed E-state index contributed by atoms with van der Waals surface area (Å²) in [7, 11) is 1.20. The molecule has 0 radical (unpaired) electrons. The summed E-state index contributed by atoms with van der Waals surface area (Å²) >= 11 is 0. The lowest BCUT2D eigenvalue weighted by Gasteiger charge is -2.24. The second-order valence-electron chi connectivity index (χ2n) is 4.47. The van der Waals surface area contributed by atoms with Crippen LogP contribution in [-0.4, -0.2) is 35.3 Å². The van der Waals surface area contributed by atoms with E-state index < -0.39 is 23.2 Å². The summed E-state index contributed by atoms with van der Waals surface area (Å²) < 4.78 is 4.42. The molecule has 6 nitrogen and oxygen atoms in total. The third-order valence-electron chi connectivity index (χ3n) is 2.55. The van der Waals surface area contributed by atoms with Crippen molar-refractivity contribution >= 4 is 17.7 Å². The monoisotopic (exact) mass is 264 g/mol. The van der Waals surface area contributed by atoms with Crippen LogP contribution in [0.5, 0.6) is 0 Å². The Balaban J connectivity index is 2.71. The van der Waals surface area contributed by atoms with E-state index in [1.54, 1.807) is 12.1 Å². The topological polar surface area (TPSA) is 85.4 Å². The van der Waals surface area contributed by atoms with Gasteiger partial charge in [0, 0.05) is 6.20 Å². The summed E-state index contributed by atoms with van der Waals surface area (Å²) in [6.07, 6.45) is 1.10. The maximum absolute atomic E-state index is 11.9. The van der Waals surface area contributed by atoms with E-state index in [2.05, 4.69) is 15.0 Å². The fourth-order valence-electron chi connectivity index (χ4n) is 1.34. The molecule has 0 bridgehead atoms. The summed E-state index contributed by atoms with van der Waals surface area (Å²) in [4.78, 5) is 38.7. The average molecular weight is 264 g/mol. The third kappa shape index (κ3) is 4.17. The van der Waals surface area contributed by atoms with E-state index in [0.717, 1.165) is 0 Å². The predicted molar refractivity (Wildman–Crippen MR) is 67.4 cm³/mol. The molecule has 0 aliphatic carbocycles. The highest BCUT2D eigenvalue weighted by Gasteiger charge is 2.31. The van der Waals surface area contributed by atoms with Gasteiger partial charge >= 0.3 is 5.97 Å². The van der Waals surface area contributed by atoms with Gasteiger partial charge in [-0.15, -0.1) is 0 Å². The largest absolute Gasteiger partial charge is 0.469 e. The second kappa shape index (κ2) is 6.08. The highest BCUT2D eigenvalue weighted by Crippen LogP contribution is 2.09. The van der Waals surface area contributed by atoms with Crippen molar-refractivity contribution in [2.75, 3.05) is 7.11 Å². The summed E-state index contributed by atoms with van der Waals surface area (Å²) in [5.74, 6) is -1.53. The van der Waals surface area contributed by atoms with Crippen LogP contribution in [0, 0.1) is 0 Å². The molecule has 0 fully saturated rings. The van der Waals surface area contributed by atoms with Gasteiger partial charge in [0.1, 0.15) is 12.1 Å². The van der Waals surface area contributed by atoms with Crippen molar-refractivity contribution in [2.45, 2.75) is 25.8 Å². The van der Waals surface area contributed by atoms with Crippen molar-refractivity contribution < 1.29 is 19.1 Å². The molecule has 1 rings (SSSR count). The maximum Gasteiger partial charge on any atom is 0.313 e. The number of ether oxygens (including phenoxy) is 1. The van der Waals surface area contributed by atoms with Crippen molar-refractivity contribution in [1.29, 1.82) is 0 Å². The van der Waals surface area contributed by atoms with Crippen LogP contribution in [0.15, 0.2) is 24.4 Å². The van der Waals surface area contributed by atoms with Gasteiger partial charge < -0.3 is 10.1 Å². The van der Waals surface area contributed by atoms with Crippen molar-refractivity contribution in [2.24, 2.45) is 0 Å². The molecular weight excluding hydrogens is 248 g/mol. The van der Waals surface area contributed by atoms with Crippen LogP contribution in [-0.2, 0) is 14.3 Å². The lowest BCUT2D eigenvalue weighted by molar-refractivity contribution is -0.144. The van der Waals surface area contributed by atoms with Gasteiger partial charge in [-0.3, -0.25) is 19.4 Å². The fourth-order valence-corrected chi connectivity index (χ4v) is 1.34. The van der Waals surface area contributed by atoms with Crippen molar-refractivity contribution in [3.8, 4) is 0 Å². The van der Waals surface area contributed by atoms with E-state index in [4.69, 9.17) is 0 Å². The molecule has 0 aliphatic heterocycles. The first-order valence-corrected chi connectivity index (χ1v) is 5.70. The number of hydrogen-bond donors (Lipinski definition) is 1. The summed E-state index contributed by atoms with van der Waals surface area (Å²) in [5.41, 5.74) is -0.954. The number of nitrogens with zero attached hydrogens (tertiary/aromatic N) is 1. The number of carbonyl (C=O) groups is 3. The minimum atomic E-state index is -1.16. The Morgan fingerprint density at radius 2 is 2.00 bits per heavy atom. The molecule has 0 saturated heterocycles. The van der Waals surface area contributed by atoms with Crippen molar-refractivity contribution in [3.05, 3.63) is 30.1 Å². The zero-order valence-electron chi connectivity index (χ0n) is 11.1. The normalized spacial score (nSPS) is 10.7. The van der Waals surface area contributed by atoms with Crippen LogP contribution in [0.2, 0.25) is 0 Å². The fraction of sp³-hybridized carbons (Fsp3) is 0.385. The minimum absolute atomic E-state index is 0.210. The molecule has 1 heterocycles. The molecule has 0 aliphatic rings. The SMILES string of the molecule is COC(=O)CC(=O)C(C)(C)NC(=O)c1ccccn1. The van der Waals surface area contributed by atoms with Gasteiger partial charge in [-0.2, -0.15) is 0 Å². The standard InChI is InChI=1S/C13H16N2O4/c1-13(2,10(16)8-11(17)19-3)15-12(18)9-6-4-5-7-14-9/h4-7H,8H2,1-3H3,(H,15,18). The molecule has 0 atom stereocenters. The van der Waals surface area contributed by atoms with Crippen molar-refractivity contribution in [3.63, 3.8) is 0 Å². The van der Waals surface area contributed by atoms with Gasteiger partial charge in [0.25, 0.3) is 5.91 Å². The highest BCUT2D eigenvalue weighted by atomic mass is 16.5. The molecule has 0 spiro atoms. The first kappa shape index (κ1) is 14.8. The zero-order chi connectivity index (χ0) is 14.5. The first-order valence-electron chi connectivity index (χ1n) is 5.70. The van der Waals surface area contributed by atoms with Crippen LogP contribution in [0.1, 0.15) is 30.8 Å². The highest BCUT2D eigenvalue weighted by molar-refractivity contribution is 6.04. The molecule has 1 N–H and O–H groups in total. The van der Waals surface area contributed by atoms with E-state index >= 15 is 0 Å². The Morgan fingerprint density at radius 1 is 1.32 bits per heavy atom. The smallest absolute Gasteiger partial charge is 0.313 e. The van der Waals surface area contributed by atoms with Gasteiger partial charge in [-0.1, -0.05) is 6.07 Å². The van der Waals surface area contributed by atoms with E-state index in [-0.39, 0.29) is 12.1 Å². The maximum atomic E-state index is 11.9. The Hall–Kier alpha value is -2.24. The molecule has 0 saturated carbocycles. The Bertz CT molecular complexity index is 483.